The Morgan fingerprint density at radius 3 is 2.71 bits per heavy atom. The van der Waals surface area contributed by atoms with Crippen molar-refractivity contribution in [2.75, 3.05) is 18.4 Å². The average Bonchev–Trinajstić information content (AvgIpc) is 2.30. The van der Waals surface area contributed by atoms with Gasteiger partial charge in [0.25, 0.3) is 5.91 Å². The number of pyridine rings is 1. The van der Waals surface area contributed by atoms with E-state index in [2.05, 4.69) is 10.3 Å². The van der Waals surface area contributed by atoms with E-state index in [1.807, 2.05) is 32.6 Å². The molecule has 0 radical (unpaired) electrons. The van der Waals surface area contributed by atoms with Crippen molar-refractivity contribution in [2.24, 2.45) is 0 Å². The van der Waals surface area contributed by atoms with Crippen LogP contribution in [0.15, 0.2) is 18.5 Å². The Balaban J connectivity index is 3.02. The first kappa shape index (κ1) is 13.5. The highest BCUT2D eigenvalue weighted by atomic mass is 16.2. The van der Waals surface area contributed by atoms with Gasteiger partial charge in [-0.2, -0.15) is 0 Å². The van der Waals surface area contributed by atoms with E-state index < -0.39 is 0 Å². The molecule has 0 saturated heterocycles. The largest absolute Gasteiger partial charge is 0.383 e. The minimum atomic E-state index is 0.0563. The van der Waals surface area contributed by atoms with Crippen LogP contribution in [-0.2, 0) is 0 Å². The van der Waals surface area contributed by atoms with E-state index in [0.717, 1.165) is 12.2 Å². The molecule has 0 aliphatic carbocycles. The summed E-state index contributed by atoms with van der Waals surface area (Å²) < 4.78 is 0. The summed E-state index contributed by atoms with van der Waals surface area (Å²) >= 11 is 0. The number of amides is 1. The van der Waals surface area contributed by atoms with Crippen LogP contribution in [0, 0.1) is 0 Å². The molecule has 1 heterocycles. The second-order valence-electron chi connectivity index (χ2n) is 4.14. The zero-order valence-electron chi connectivity index (χ0n) is 11.0. The Hall–Kier alpha value is -1.58. The lowest BCUT2D eigenvalue weighted by Crippen LogP contribution is -2.37. The molecule has 1 amide bonds. The van der Waals surface area contributed by atoms with Crippen LogP contribution in [0.1, 0.15) is 38.1 Å². The fourth-order valence-electron chi connectivity index (χ4n) is 1.81. The molecule has 4 nitrogen and oxygen atoms in total. The smallest absolute Gasteiger partial charge is 0.256 e. The highest BCUT2D eigenvalue weighted by Crippen LogP contribution is 2.16. The summed E-state index contributed by atoms with van der Waals surface area (Å²) in [6.45, 7) is 9.53. The molecule has 0 aliphatic heterocycles. The summed E-state index contributed by atoms with van der Waals surface area (Å²) in [5.74, 6) is 0.0563. The van der Waals surface area contributed by atoms with E-state index in [4.69, 9.17) is 0 Å². The van der Waals surface area contributed by atoms with E-state index >= 15 is 0 Å². The first-order valence-corrected chi connectivity index (χ1v) is 6.10. The molecule has 4 heteroatoms. The van der Waals surface area contributed by atoms with Gasteiger partial charge in [0.15, 0.2) is 0 Å². The van der Waals surface area contributed by atoms with Crippen LogP contribution in [0.2, 0.25) is 0 Å². The quantitative estimate of drug-likeness (QED) is 0.852. The fraction of sp³-hybridized carbons (Fsp3) is 0.538. The summed E-state index contributed by atoms with van der Waals surface area (Å²) in [4.78, 5) is 18.3. The average molecular weight is 235 g/mol. The van der Waals surface area contributed by atoms with Crippen LogP contribution < -0.4 is 5.32 Å². The summed E-state index contributed by atoms with van der Waals surface area (Å²) in [6, 6.07) is 1.97. The number of hydrogen-bond donors (Lipinski definition) is 1. The van der Waals surface area contributed by atoms with Crippen LogP contribution in [0.4, 0.5) is 5.69 Å². The number of aromatic nitrogens is 1. The zero-order chi connectivity index (χ0) is 12.8. The van der Waals surface area contributed by atoms with Crippen molar-refractivity contribution in [1.29, 1.82) is 0 Å². The number of rotatable bonds is 5. The minimum absolute atomic E-state index is 0.0563. The third-order valence-corrected chi connectivity index (χ3v) is 2.64. The van der Waals surface area contributed by atoms with Gasteiger partial charge in [0.1, 0.15) is 0 Å². The van der Waals surface area contributed by atoms with E-state index in [-0.39, 0.29) is 11.9 Å². The Kier molecular flexibility index (Phi) is 4.94. The molecule has 0 fully saturated rings. The van der Waals surface area contributed by atoms with Gasteiger partial charge in [-0.25, -0.2) is 0 Å². The summed E-state index contributed by atoms with van der Waals surface area (Å²) in [6.07, 6.45) is 3.35. The van der Waals surface area contributed by atoms with Gasteiger partial charge in [0.05, 0.1) is 17.4 Å². The van der Waals surface area contributed by atoms with Gasteiger partial charge in [-0.1, -0.05) is 0 Å². The van der Waals surface area contributed by atoms with Crippen molar-refractivity contribution in [3.05, 3.63) is 24.0 Å². The molecule has 0 saturated carbocycles. The minimum Gasteiger partial charge on any atom is -0.383 e. The predicted molar refractivity (Wildman–Crippen MR) is 70.2 cm³/mol. The molecule has 1 rings (SSSR count). The standard InChI is InChI=1S/C13H21N3O/c1-5-15-12-9-14-8-7-11(12)13(17)16(6-2)10(3)4/h7-10,15H,5-6H2,1-4H3. The number of carbonyl (C=O) groups excluding carboxylic acids is 1. The predicted octanol–water partition coefficient (Wildman–Crippen LogP) is 2.38. The van der Waals surface area contributed by atoms with Crippen LogP contribution in [0.5, 0.6) is 0 Å². The van der Waals surface area contributed by atoms with Crippen molar-refractivity contribution in [3.8, 4) is 0 Å². The maximum Gasteiger partial charge on any atom is 0.256 e. The molecule has 94 valence electrons. The zero-order valence-corrected chi connectivity index (χ0v) is 11.0. The number of hydrogen-bond acceptors (Lipinski definition) is 3. The third-order valence-electron chi connectivity index (χ3n) is 2.64. The normalized spacial score (nSPS) is 10.4. The third kappa shape index (κ3) is 3.19. The second-order valence-corrected chi connectivity index (χ2v) is 4.14. The maximum absolute atomic E-state index is 12.4. The Bertz CT molecular complexity index is 377. The molecule has 1 aromatic rings. The lowest BCUT2D eigenvalue weighted by atomic mass is 10.1. The molecule has 17 heavy (non-hydrogen) atoms. The van der Waals surface area contributed by atoms with Crippen LogP contribution >= 0.6 is 0 Å². The number of nitrogens with one attached hydrogen (secondary N) is 1. The van der Waals surface area contributed by atoms with Gasteiger partial charge in [-0.15, -0.1) is 0 Å². The summed E-state index contributed by atoms with van der Waals surface area (Å²) in [7, 11) is 0. The molecule has 0 unspecified atom stereocenters. The van der Waals surface area contributed by atoms with Gasteiger partial charge in [-0.3, -0.25) is 9.78 Å². The lowest BCUT2D eigenvalue weighted by molar-refractivity contribution is 0.0718. The monoisotopic (exact) mass is 235 g/mol. The first-order valence-electron chi connectivity index (χ1n) is 6.10. The van der Waals surface area contributed by atoms with E-state index in [0.29, 0.717) is 12.1 Å². The van der Waals surface area contributed by atoms with Gasteiger partial charge in [0, 0.05) is 25.3 Å². The molecule has 0 aromatic carbocycles. The molecule has 1 N–H and O–H groups in total. The van der Waals surface area contributed by atoms with Gasteiger partial charge >= 0.3 is 0 Å². The molecule has 0 spiro atoms. The van der Waals surface area contributed by atoms with Gasteiger partial charge in [-0.05, 0) is 33.8 Å². The highest BCUT2D eigenvalue weighted by molar-refractivity contribution is 5.99. The molecule has 0 atom stereocenters. The van der Waals surface area contributed by atoms with Crippen molar-refractivity contribution in [1.82, 2.24) is 9.88 Å². The molecular formula is C13H21N3O. The van der Waals surface area contributed by atoms with Crippen molar-refractivity contribution in [3.63, 3.8) is 0 Å². The van der Waals surface area contributed by atoms with E-state index in [1.165, 1.54) is 0 Å². The van der Waals surface area contributed by atoms with Gasteiger partial charge in [0.2, 0.25) is 0 Å². The molecule has 1 aromatic heterocycles. The van der Waals surface area contributed by atoms with Crippen molar-refractivity contribution in [2.45, 2.75) is 33.7 Å². The number of anilines is 1. The van der Waals surface area contributed by atoms with Crippen LogP contribution in [0.25, 0.3) is 0 Å². The lowest BCUT2D eigenvalue weighted by Gasteiger charge is -2.26. The van der Waals surface area contributed by atoms with Gasteiger partial charge < -0.3 is 10.2 Å². The van der Waals surface area contributed by atoms with Crippen molar-refractivity contribution >= 4 is 11.6 Å². The Morgan fingerprint density at radius 2 is 2.18 bits per heavy atom. The number of nitrogens with zero attached hydrogens (tertiary/aromatic N) is 2. The van der Waals surface area contributed by atoms with E-state index in [9.17, 15) is 4.79 Å². The Morgan fingerprint density at radius 1 is 1.47 bits per heavy atom. The highest BCUT2D eigenvalue weighted by Gasteiger charge is 2.19. The van der Waals surface area contributed by atoms with Crippen LogP contribution in [-0.4, -0.2) is 34.9 Å². The fourth-order valence-corrected chi connectivity index (χ4v) is 1.81. The first-order chi connectivity index (χ1) is 8.11. The van der Waals surface area contributed by atoms with E-state index in [1.54, 1.807) is 18.5 Å². The summed E-state index contributed by atoms with van der Waals surface area (Å²) in [5.41, 5.74) is 1.50. The van der Waals surface area contributed by atoms with Crippen molar-refractivity contribution < 1.29 is 4.79 Å². The maximum atomic E-state index is 12.4. The second kappa shape index (κ2) is 6.23. The topological polar surface area (TPSA) is 45.2 Å². The van der Waals surface area contributed by atoms with Crippen LogP contribution in [0.3, 0.4) is 0 Å². The molecule has 0 bridgehead atoms. The summed E-state index contributed by atoms with van der Waals surface area (Å²) in [5, 5.41) is 3.16. The molecule has 0 aliphatic rings. The SMILES string of the molecule is CCNc1cnccc1C(=O)N(CC)C(C)C. The number of carbonyl (C=O) groups is 1. The Labute approximate surface area is 103 Å². The molecular weight excluding hydrogens is 214 g/mol.